The molecule has 12 heavy (non-hydrogen) atoms. The van der Waals surface area contributed by atoms with E-state index in [4.69, 9.17) is 16.3 Å². The van der Waals surface area contributed by atoms with Crippen molar-refractivity contribution < 1.29 is 4.74 Å². The summed E-state index contributed by atoms with van der Waals surface area (Å²) in [4.78, 5) is 7.83. The van der Waals surface area contributed by atoms with Crippen LogP contribution in [0.15, 0.2) is 17.3 Å². The van der Waals surface area contributed by atoms with E-state index in [2.05, 4.69) is 9.98 Å². The Morgan fingerprint density at radius 2 is 2.42 bits per heavy atom. The smallest absolute Gasteiger partial charge is 0.141 e. The maximum absolute atomic E-state index is 5.91. The molecular weight excluding hydrogens is 176 g/mol. The van der Waals surface area contributed by atoms with E-state index in [9.17, 15) is 0 Å². The molecule has 0 aromatic carbocycles. The molecule has 1 rings (SSSR count). The lowest BCUT2D eigenvalue weighted by atomic mass is 10.3. The van der Waals surface area contributed by atoms with Gasteiger partial charge in [0, 0.05) is 25.5 Å². The van der Waals surface area contributed by atoms with E-state index in [1.54, 1.807) is 32.6 Å². The molecule has 0 unspecified atom stereocenters. The fraction of sp³-hybridized carbons (Fsp3) is 0.250. The summed E-state index contributed by atoms with van der Waals surface area (Å²) in [5.74, 6) is 0.613. The topological polar surface area (TPSA) is 34.5 Å². The molecule has 0 fully saturated rings. The summed E-state index contributed by atoms with van der Waals surface area (Å²) >= 11 is 5.91. The van der Waals surface area contributed by atoms with Crippen molar-refractivity contribution in [2.45, 2.75) is 0 Å². The number of rotatable bonds is 2. The Morgan fingerprint density at radius 1 is 1.67 bits per heavy atom. The number of hydrogen-bond acceptors (Lipinski definition) is 3. The van der Waals surface area contributed by atoms with Crippen LogP contribution in [-0.4, -0.2) is 25.4 Å². The normalized spacial score (nSPS) is 10.6. The Kier molecular flexibility index (Phi) is 3.05. The molecule has 64 valence electrons. The Labute approximate surface area is 76.1 Å². The fourth-order valence-electron chi connectivity index (χ4n) is 0.811. The molecule has 0 aliphatic rings. The van der Waals surface area contributed by atoms with Gasteiger partial charge in [-0.2, -0.15) is 0 Å². The number of methoxy groups -OCH3 is 1. The number of ether oxygens (including phenoxy) is 1. The predicted molar refractivity (Wildman–Crippen MR) is 49.3 cm³/mol. The number of aromatic nitrogens is 1. The van der Waals surface area contributed by atoms with Crippen LogP contribution in [-0.2, 0) is 0 Å². The van der Waals surface area contributed by atoms with E-state index >= 15 is 0 Å². The van der Waals surface area contributed by atoms with E-state index in [-0.39, 0.29) is 0 Å². The third-order valence-electron chi connectivity index (χ3n) is 1.35. The first kappa shape index (κ1) is 9.00. The second kappa shape index (κ2) is 4.07. The molecule has 0 saturated carbocycles. The number of pyridine rings is 1. The molecule has 1 aromatic heterocycles. The summed E-state index contributed by atoms with van der Waals surface area (Å²) in [5.41, 5.74) is 0.624. The monoisotopic (exact) mass is 184 g/mol. The minimum Gasteiger partial charge on any atom is -0.495 e. The molecule has 3 nitrogen and oxygen atoms in total. The van der Waals surface area contributed by atoms with Gasteiger partial charge in [0.05, 0.1) is 7.11 Å². The summed E-state index contributed by atoms with van der Waals surface area (Å²) in [7, 11) is 3.23. The van der Waals surface area contributed by atoms with Crippen molar-refractivity contribution in [2.24, 2.45) is 4.99 Å². The van der Waals surface area contributed by atoms with Gasteiger partial charge >= 0.3 is 0 Å². The third kappa shape index (κ3) is 1.74. The van der Waals surface area contributed by atoms with Crippen LogP contribution >= 0.6 is 11.6 Å². The third-order valence-corrected chi connectivity index (χ3v) is 1.73. The van der Waals surface area contributed by atoms with E-state index < -0.39 is 0 Å². The van der Waals surface area contributed by atoms with Gasteiger partial charge in [-0.1, -0.05) is 11.6 Å². The molecule has 0 atom stereocenters. The highest BCUT2D eigenvalue weighted by atomic mass is 35.5. The van der Waals surface area contributed by atoms with Gasteiger partial charge in [-0.25, -0.2) is 0 Å². The SMILES string of the molecule is CN=Cc1nccc(OC)c1Cl. The first-order chi connectivity index (χ1) is 5.79. The average molecular weight is 185 g/mol. The highest BCUT2D eigenvalue weighted by Gasteiger charge is 2.04. The molecule has 0 aliphatic carbocycles. The van der Waals surface area contributed by atoms with Crippen LogP contribution in [0.5, 0.6) is 5.75 Å². The van der Waals surface area contributed by atoms with Crippen molar-refractivity contribution in [3.63, 3.8) is 0 Å². The second-order valence-corrected chi connectivity index (χ2v) is 2.48. The zero-order valence-electron chi connectivity index (χ0n) is 6.91. The molecule has 0 saturated heterocycles. The largest absolute Gasteiger partial charge is 0.495 e. The van der Waals surface area contributed by atoms with Gasteiger partial charge in [0.2, 0.25) is 0 Å². The van der Waals surface area contributed by atoms with Crippen molar-refractivity contribution >= 4 is 17.8 Å². The maximum Gasteiger partial charge on any atom is 0.141 e. The number of hydrogen-bond donors (Lipinski definition) is 0. The molecule has 0 radical (unpaired) electrons. The Hall–Kier alpha value is -1.09. The van der Waals surface area contributed by atoms with Crippen LogP contribution in [0.3, 0.4) is 0 Å². The van der Waals surface area contributed by atoms with E-state index in [1.165, 1.54) is 0 Å². The number of halogens is 1. The van der Waals surface area contributed by atoms with Crippen LogP contribution in [0, 0.1) is 0 Å². The van der Waals surface area contributed by atoms with Crippen LogP contribution in [0.1, 0.15) is 5.69 Å². The molecule has 0 bridgehead atoms. The predicted octanol–water partition coefficient (Wildman–Crippen LogP) is 1.79. The first-order valence-electron chi connectivity index (χ1n) is 3.40. The second-order valence-electron chi connectivity index (χ2n) is 2.10. The zero-order chi connectivity index (χ0) is 8.97. The fourth-order valence-corrected chi connectivity index (χ4v) is 1.05. The summed E-state index contributed by atoms with van der Waals surface area (Å²) in [5, 5.41) is 0.491. The highest BCUT2D eigenvalue weighted by molar-refractivity contribution is 6.34. The first-order valence-corrected chi connectivity index (χ1v) is 3.78. The minimum atomic E-state index is 0.491. The summed E-state index contributed by atoms with van der Waals surface area (Å²) in [6.45, 7) is 0. The standard InChI is InChI=1S/C8H9ClN2O/c1-10-5-6-8(9)7(12-2)3-4-11-6/h3-5H,1-2H3. The van der Waals surface area contributed by atoms with Gasteiger partial charge < -0.3 is 4.74 Å². The maximum atomic E-state index is 5.91. The van der Waals surface area contributed by atoms with Crippen LogP contribution < -0.4 is 4.74 Å². The van der Waals surface area contributed by atoms with E-state index in [0.29, 0.717) is 16.5 Å². The van der Waals surface area contributed by atoms with E-state index in [1.807, 2.05) is 0 Å². The molecule has 4 heteroatoms. The minimum absolute atomic E-state index is 0.491. The number of aliphatic imine (C=N–C) groups is 1. The van der Waals surface area contributed by atoms with Crippen molar-refractivity contribution in [1.82, 2.24) is 4.98 Å². The molecule has 0 N–H and O–H groups in total. The van der Waals surface area contributed by atoms with Gasteiger partial charge in [0.1, 0.15) is 16.5 Å². The molecule has 0 aliphatic heterocycles. The van der Waals surface area contributed by atoms with Crippen LogP contribution in [0.25, 0.3) is 0 Å². The molecule has 0 spiro atoms. The number of nitrogens with zero attached hydrogens (tertiary/aromatic N) is 2. The lowest BCUT2D eigenvalue weighted by Crippen LogP contribution is -1.92. The Morgan fingerprint density at radius 3 is 3.00 bits per heavy atom. The zero-order valence-corrected chi connectivity index (χ0v) is 7.67. The van der Waals surface area contributed by atoms with Crippen molar-refractivity contribution in [2.75, 3.05) is 14.2 Å². The average Bonchev–Trinajstić information content (AvgIpc) is 2.09. The highest BCUT2D eigenvalue weighted by Crippen LogP contribution is 2.24. The van der Waals surface area contributed by atoms with E-state index in [0.717, 1.165) is 0 Å². The summed E-state index contributed by atoms with van der Waals surface area (Å²) in [6, 6.07) is 1.70. The lowest BCUT2D eigenvalue weighted by Gasteiger charge is -2.02. The summed E-state index contributed by atoms with van der Waals surface area (Å²) < 4.78 is 5.00. The van der Waals surface area contributed by atoms with Crippen molar-refractivity contribution in [3.05, 3.63) is 23.0 Å². The van der Waals surface area contributed by atoms with Crippen molar-refractivity contribution in [3.8, 4) is 5.75 Å². The Balaban J connectivity index is 3.13. The molecule has 0 amide bonds. The van der Waals surface area contributed by atoms with Crippen LogP contribution in [0.2, 0.25) is 5.02 Å². The molecule has 1 heterocycles. The lowest BCUT2D eigenvalue weighted by molar-refractivity contribution is 0.414. The van der Waals surface area contributed by atoms with Gasteiger partial charge in [0.15, 0.2) is 0 Å². The summed E-state index contributed by atoms with van der Waals surface area (Å²) in [6.07, 6.45) is 3.21. The van der Waals surface area contributed by atoms with Crippen LogP contribution in [0.4, 0.5) is 0 Å². The Bertz CT molecular complexity index is 299. The quantitative estimate of drug-likeness (QED) is 0.657. The van der Waals surface area contributed by atoms with Gasteiger partial charge in [-0.3, -0.25) is 9.98 Å². The van der Waals surface area contributed by atoms with Gasteiger partial charge in [0.25, 0.3) is 0 Å². The molecular formula is C8H9ClN2O. The van der Waals surface area contributed by atoms with Gasteiger partial charge in [-0.05, 0) is 0 Å². The molecule has 1 aromatic rings. The van der Waals surface area contributed by atoms with Gasteiger partial charge in [-0.15, -0.1) is 0 Å². The van der Waals surface area contributed by atoms with Crippen molar-refractivity contribution in [1.29, 1.82) is 0 Å².